The van der Waals surface area contributed by atoms with Crippen molar-refractivity contribution >= 4 is 23.0 Å². The molecule has 0 aliphatic heterocycles. The molecule has 1 aromatic heterocycles. The molecule has 1 heterocycles. The second-order valence-corrected chi connectivity index (χ2v) is 6.50. The number of para-hydroxylation sites is 1. The van der Waals surface area contributed by atoms with Crippen molar-refractivity contribution < 1.29 is 4.74 Å². The first-order valence-corrected chi connectivity index (χ1v) is 8.94. The van der Waals surface area contributed by atoms with E-state index in [0.29, 0.717) is 17.3 Å². The third-order valence-corrected chi connectivity index (χ3v) is 4.65. The molecule has 3 aromatic rings. The lowest BCUT2D eigenvalue weighted by molar-refractivity contribution is 0.414. The minimum Gasteiger partial charge on any atom is -0.497 e. The number of nitrogens with zero attached hydrogens (tertiary/aromatic N) is 2. The van der Waals surface area contributed by atoms with E-state index in [-0.39, 0.29) is 5.56 Å². The van der Waals surface area contributed by atoms with Crippen LogP contribution < -0.4 is 20.9 Å². The topological polar surface area (TPSA) is 60.2 Å². The van der Waals surface area contributed by atoms with Crippen LogP contribution in [-0.4, -0.2) is 21.6 Å². The summed E-state index contributed by atoms with van der Waals surface area (Å²) in [7, 11) is 3.49. The van der Waals surface area contributed by atoms with E-state index >= 15 is 0 Å². The predicted octanol–water partition coefficient (Wildman–Crippen LogP) is 2.98. The maximum atomic E-state index is 12.9. The largest absolute Gasteiger partial charge is 0.497 e. The molecule has 0 unspecified atom stereocenters. The van der Waals surface area contributed by atoms with Crippen molar-refractivity contribution in [3.63, 3.8) is 0 Å². The third-order valence-electron chi connectivity index (χ3n) is 4.40. The van der Waals surface area contributed by atoms with Gasteiger partial charge in [-0.2, -0.15) is 0 Å². The molecule has 0 atom stereocenters. The summed E-state index contributed by atoms with van der Waals surface area (Å²) in [5, 5.41) is 6.57. The molecule has 2 N–H and O–H groups in total. The molecule has 0 aliphatic rings. The number of hydrogen-bond acceptors (Lipinski definition) is 3. The number of hydrogen-bond donors (Lipinski definition) is 2. The number of anilines is 1. The molecule has 0 fully saturated rings. The van der Waals surface area contributed by atoms with Gasteiger partial charge in [0, 0.05) is 13.6 Å². The fraction of sp³-hybridized carbons (Fsp3) is 0.200. The zero-order valence-corrected chi connectivity index (χ0v) is 16.3. The van der Waals surface area contributed by atoms with Gasteiger partial charge in [0.2, 0.25) is 0 Å². The molecule has 0 radical (unpaired) electrons. The van der Waals surface area contributed by atoms with Crippen LogP contribution in [0.4, 0.5) is 5.69 Å². The number of thiocarbonyl (C=S) groups is 1. The molecule has 0 saturated heterocycles. The summed E-state index contributed by atoms with van der Waals surface area (Å²) in [5.74, 6) is 0.806. The Balaban J connectivity index is 1.73. The van der Waals surface area contributed by atoms with Gasteiger partial charge in [0.05, 0.1) is 18.5 Å². The molecule has 140 valence electrons. The number of ether oxygens (including phenoxy) is 1. The van der Waals surface area contributed by atoms with E-state index in [4.69, 9.17) is 17.0 Å². The van der Waals surface area contributed by atoms with Crippen molar-refractivity contribution in [2.24, 2.45) is 7.05 Å². The Labute approximate surface area is 163 Å². The highest BCUT2D eigenvalue weighted by atomic mass is 32.1. The van der Waals surface area contributed by atoms with Crippen LogP contribution in [0, 0.1) is 6.92 Å². The first-order valence-electron chi connectivity index (χ1n) is 8.53. The second-order valence-electron chi connectivity index (χ2n) is 6.09. The van der Waals surface area contributed by atoms with Crippen LogP contribution >= 0.6 is 12.2 Å². The zero-order valence-electron chi connectivity index (χ0n) is 15.5. The summed E-state index contributed by atoms with van der Waals surface area (Å²) in [6.45, 7) is 2.43. The van der Waals surface area contributed by atoms with E-state index in [1.165, 1.54) is 0 Å². The standard InChI is InChI=1S/C20H22N4O2S/c1-14-18(19(25)24(23(14)2)16-7-5-4-6-8-16)22-20(27)21-13-15-9-11-17(26-3)12-10-15/h4-12H,13H2,1-3H3,(H2,21,22,27). The Morgan fingerprint density at radius 3 is 2.41 bits per heavy atom. The Hall–Kier alpha value is -3.06. The summed E-state index contributed by atoms with van der Waals surface area (Å²) in [6.07, 6.45) is 0. The lowest BCUT2D eigenvalue weighted by Gasteiger charge is -2.10. The molecule has 0 saturated carbocycles. The number of nitrogens with one attached hydrogen (secondary N) is 2. The summed E-state index contributed by atoms with van der Waals surface area (Å²) in [5.41, 5.74) is 2.99. The van der Waals surface area contributed by atoms with Crippen molar-refractivity contribution in [2.75, 3.05) is 12.4 Å². The summed E-state index contributed by atoms with van der Waals surface area (Å²) in [6, 6.07) is 17.2. The highest BCUT2D eigenvalue weighted by Gasteiger charge is 2.16. The Bertz CT molecular complexity index is 991. The lowest BCUT2D eigenvalue weighted by atomic mass is 10.2. The van der Waals surface area contributed by atoms with Crippen molar-refractivity contribution in [3.05, 3.63) is 76.2 Å². The smallest absolute Gasteiger partial charge is 0.295 e. The molecule has 7 heteroatoms. The van der Waals surface area contributed by atoms with Gasteiger partial charge in [-0.15, -0.1) is 0 Å². The third kappa shape index (κ3) is 4.03. The lowest BCUT2D eigenvalue weighted by Crippen LogP contribution is -2.30. The molecule has 27 heavy (non-hydrogen) atoms. The van der Waals surface area contributed by atoms with Crippen LogP contribution in [0.3, 0.4) is 0 Å². The first kappa shape index (κ1) is 18.7. The molecular weight excluding hydrogens is 360 g/mol. The molecule has 0 aliphatic carbocycles. The average Bonchev–Trinajstić information content (AvgIpc) is 2.90. The molecule has 2 aromatic carbocycles. The Kier molecular flexibility index (Phi) is 5.61. The summed E-state index contributed by atoms with van der Waals surface area (Å²) in [4.78, 5) is 12.9. The van der Waals surface area contributed by atoms with Gasteiger partial charge >= 0.3 is 0 Å². The van der Waals surface area contributed by atoms with Crippen molar-refractivity contribution in [1.82, 2.24) is 14.7 Å². The highest BCUT2D eigenvalue weighted by Crippen LogP contribution is 2.14. The SMILES string of the molecule is COc1ccc(CNC(=S)Nc2c(C)n(C)n(-c3ccccc3)c2=O)cc1. The summed E-state index contributed by atoms with van der Waals surface area (Å²) >= 11 is 5.37. The van der Waals surface area contributed by atoms with Gasteiger partial charge in [0.15, 0.2) is 5.11 Å². The maximum absolute atomic E-state index is 12.9. The molecular formula is C20H22N4O2S. The fourth-order valence-electron chi connectivity index (χ4n) is 2.80. The molecule has 0 amide bonds. The van der Waals surface area contributed by atoms with Crippen molar-refractivity contribution in [3.8, 4) is 11.4 Å². The monoisotopic (exact) mass is 382 g/mol. The van der Waals surface area contributed by atoms with Gasteiger partial charge in [0.25, 0.3) is 5.56 Å². The minimum absolute atomic E-state index is 0.144. The van der Waals surface area contributed by atoms with E-state index in [0.717, 1.165) is 22.7 Å². The normalized spacial score (nSPS) is 10.5. The molecule has 3 rings (SSSR count). The maximum Gasteiger partial charge on any atom is 0.295 e. The quantitative estimate of drug-likeness (QED) is 0.665. The van der Waals surface area contributed by atoms with Crippen molar-refractivity contribution in [1.29, 1.82) is 0 Å². The Morgan fingerprint density at radius 2 is 1.78 bits per heavy atom. The Morgan fingerprint density at radius 1 is 1.11 bits per heavy atom. The minimum atomic E-state index is -0.144. The second kappa shape index (κ2) is 8.09. The van der Waals surface area contributed by atoms with Gasteiger partial charge in [-0.25, -0.2) is 4.68 Å². The van der Waals surface area contributed by atoms with Gasteiger partial charge in [-0.3, -0.25) is 9.48 Å². The summed E-state index contributed by atoms with van der Waals surface area (Å²) < 4.78 is 8.58. The average molecular weight is 382 g/mol. The fourth-order valence-corrected chi connectivity index (χ4v) is 2.97. The number of aromatic nitrogens is 2. The van der Waals surface area contributed by atoms with Crippen molar-refractivity contribution in [2.45, 2.75) is 13.5 Å². The van der Waals surface area contributed by atoms with E-state index in [1.54, 1.807) is 11.8 Å². The van der Waals surface area contributed by atoms with Gasteiger partial charge in [-0.1, -0.05) is 30.3 Å². The van der Waals surface area contributed by atoms with Gasteiger partial charge in [-0.05, 0) is 49.0 Å². The number of methoxy groups -OCH3 is 1. The van der Waals surface area contributed by atoms with Crippen LogP contribution in [0.2, 0.25) is 0 Å². The number of benzene rings is 2. The molecule has 0 spiro atoms. The predicted molar refractivity (Wildman–Crippen MR) is 112 cm³/mol. The van der Waals surface area contributed by atoms with Crippen LogP contribution in [0.1, 0.15) is 11.3 Å². The first-order chi connectivity index (χ1) is 13.0. The van der Waals surface area contributed by atoms with Crippen LogP contribution in [0.15, 0.2) is 59.4 Å². The zero-order chi connectivity index (χ0) is 19.4. The molecule has 6 nitrogen and oxygen atoms in total. The van der Waals surface area contributed by atoms with Crippen LogP contribution in [0.5, 0.6) is 5.75 Å². The highest BCUT2D eigenvalue weighted by molar-refractivity contribution is 7.80. The van der Waals surface area contributed by atoms with E-state index in [1.807, 2.05) is 73.3 Å². The van der Waals surface area contributed by atoms with Gasteiger partial charge < -0.3 is 15.4 Å². The molecule has 0 bridgehead atoms. The van der Waals surface area contributed by atoms with E-state index < -0.39 is 0 Å². The van der Waals surface area contributed by atoms with Crippen LogP contribution in [0.25, 0.3) is 5.69 Å². The van der Waals surface area contributed by atoms with Crippen LogP contribution in [-0.2, 0) is 13.6 Å². The van der Waals surface area contributed by atoms with Gasteiger partial charge in [0.1, 0.15) is 11.4 Å². The van der Waals surface area contributed by atoms with E-state index in [2.05, 4.69) is 10.6 Å². The van der Waals surface area contributed by atoms with E-state index in [9.17, 15) is 4.79 Å². The number of rotatable bonds is 5.